The first-order valence-corrected chi connectivity index (χ1v) is 11.5. The van der Waals surface area contributed by atoms with E-state index >= 15 is 0 Å². The summed E-state index contributed by atoms with van der Waals surface area (Å²) in [6.45, 7) is 6.81. The van der Waals surface area contributed by atoms with Crippen molar-refractivity contribution in [3.8, 4) is 21.8 Å². The molecule has 0 amide bonds. The predicted octanol–water partition coefficient (Wildman–Crippen LogP) is 8.22. The van der Waals surface area contributed by atoms with E-state index in [9.17, 15) is 0 Å². The van der Waals surface area contributed by atoms with E-state index in [0.29, 0.717) is 0 Å². The lowest BCUT2D eigenvalue weighted by molar-refractivity contribution is 0.596. The number of hydrogen-bond donors (Lipinski definition) is 0. The monoisotopic (exact) mass is 434 g/mol. The van der Waals surface area contributed by atoms with Gasteiger partial charge in [-0.2, -0.15) is 0 Å². The molecule has 3 nitrogen and oxygen atoms in total. The number of fused-ring (bicyclic) bond motifs is 3. The number of furan rings is 1. The fraction of sp³-hybridized carbons (Fsp3) is 0.143. The fourth-order valence-electron chi connectivity index (χ4n) is 4.35. The number of pyridine rings is 2. The first-order valence-electron chi connectivity index (χ1n) is 10.7. The summed E-state index contributed by atoms with van der Waals surface area (Å²) in [7, 11) is 0. The fourth-order valence-corrected chi connectivity index (χ4v) is 5.49. The number of nitrogens with zero attached hydrogens (tertiary/aromatic N) is 2. The average Bonchev–Trinajstić information content (AvgIpc) is 3.43. The van der Waals surface area contributed by atoms with Crippen LogP contribution >= 0.6 is 11.3 Å². The number of aromatic nitrogens is 2. The molecule has 0 spiro atoms. The highest BCUT2D eigenvalue weighted by Crippen LogP contribution is 2.40. The van der Waals surface area contributed by atoms with Gasteiger partial charge in [-0.15, -0.1) is 11.3 Å². The molecule has 0 unspecified atom stereocenters. The maximum absolute atomic E-state index is 5.59. The van der Waals surface area contributed by atoms with Gasteiger partial charge in [-0.3, -0.25) is 9.97 Å². The summed E-state index contributed by atoms with van der Waals surface area (Å²) in [6, 6.07) is 21.4. The van der Waals surface area contributed by atoms with Crippen molar-refractivity contribution in [2.75, 3.05) is 0 Å². The van der Waals surface area contributed by atoms with Gasteiger partial charge in [-0.1, -0.05) is 45.0 Å². The molecule has 0 fully saturated rings. The largest absolute Gasteiger partial charge is 0.464 e. The molecule has 6 aromatic rings. The second-order valence-corrected chi connectivity index (χ2v) is 10.3. The topological polar surface area (TPSA) is 38.9 Å². The van der Waals surface area contributed by atoms with Crippen molar-refractivity contribution in [1.29, 1.82) is 0 Å². The molecule has 0 bridgehead atoms. The Kier molecular flexibility index (Phi) is 4.21. The summed E-state index contributed by atoms with van der Waals surface area (Å²) in [5.74, 6) is 0. The first kappa shape index (κ1) is 19.2. The molecule has 4 aromatic heterocycles. The molecule has 0 radical (unpaired) electrons. The van der Waals surface area contributed by atoms with E-state index in [1.54, 1.807) is 17.6 Å². The normalized spacial score (nSPS) is 12.2. The van der Waals surface area contributed by atoms with Gasteiger partial charge in [0.25, 0.3) is 0 Å². The molecule has 0 aliphatic rings. The van der Waals surface area contributed by atoms with Crippen molar-refractivity contribution < 1.29 is 4.42 Å². The van der Waals surface area contributed by atoms with Crippen LogP contribution in [0.25, 0.3) is 53.7 Å². The van der Waals surface area contributed by atoms with Crippen LogP contribution < -0.4 is 0 Å². The van der Waals surface area contributed by atoms with E-state index in [2.05, 4.69) is 74.3 Å². The van der Waals surface area contributed by atoms with E-state index in [4.69, 9.17) is 9.40 Å². The van der Waals surface area contributed by atoms with Crippen LogP contribution in [-0.2, 0) is 5.41 Å². The molecule has 0 aliphatic carbocycles. The third-order valence-corrected chi connectivity index (χ3v) is 7.15. The van der Waals surface area contributed by atoms with E-state index < -0.39 is 0 Å². The van der Waals surface area contributed by atoms with Gasteiger partial charge in [0.15, 0.2) is 0 Å². The van der Waals surface area contributed by atoms with Gasteiger partial charge < -0.3 is 4.42 Å². The Morgan fingerprint density at radius 2 is 1.72 bits per heavy atom. The molecule has 0 N–H and O–H groups in total. The minimum absolute atomic E-state index is 0.0342. The standard InChI is InChI=1S/C28H22N2OS/c1-28(2,3)22-13-20(12-17-6-4-5-7-21(17)22)26-27-18(8-10-29-26)14-25(32-27)23-15-24-19(16-30-23)9-11-31-24/h4-16H,1-3H3. The van der Waals surface area contributed by atoms with Gasteiger partial charge in [-0.05, 0) is 57.5 Å². The number of hydrogen-bond acceptors (Lipinski definition) is 4. The third kappa shape index (κ3) is 3.10. The lowest BCUT2D eigenvalue weighted by Crippen LogP contribution is -2.12. The molecule has 156 valence electrons. The molecule has 6 rings (SSSR count). The second-order valence-electron chi connectivity index (χ2n) is 9.21. The molecule has 2 aromatic carbocycles. The summed E-state index contributed by atoms with van der Waals surface area (Å²) < 4.78 is 6.76. The summed E-state index contributed by atoms with van der Waals surface area (Å²) in [5, 5.41) is 4.75. The summed E-state index contributed by atoms with van der Waals surface area (Å²) in [4.78, 5) is 10.6. The van der Waals surface area contributed by atoms with Gasteiger partial charge in [0.2, 0.25) is 0 Å². The van der Waals surface area contributed by atoms with Crippen molar-refractivity contribution in [3.63, 3.8) is 0 Å². The van der Waals surface area contributed by atoms with E-state index in [1.165, 1.54) is 26.4 Å². The van der Waals surface area contributed by atoms with Crippen LogP contribution in [0.5, 0.6) is 0 Å². The number of benzene rings is 2. The Morgan fingerprint density at radius 1 is 0.844 bits per heavy atom. The maximum atomic E-state index is 5.59. The Morgan fingerprint density at radius 3 is 2.59 bits per heavy atom. The van der Waals surface area contributed by atoms with Crippen LogP contribution in [0, 0.1) is 0 Å². The highest BCUT2D eigenvalue weighted by Gasteiger charge is 2.20. The first-order chi connectivity index (χ1) is 15.5. The van der Waals surface area contributed by atoms with E-state index in [-0.39, 0.29) is 5.41 Å². The van der Waals surface area contributed by atoms with Gasteiger partial charge in [0.1, 0.15) is 5.58 Å². The smallest absolute Gasteiger partial charge is 0.137 e. The molecular weight excluding hydrogens is 412 g/mol. The molecule has 32 heavy (non-hydrogen) atoms. The number of rotatable bonds is 2. The van der Waals surface area contributed by atoms with E-state index in [1.807, 2.05) is 24.5 Å². The lowest BCUT2D eigenvalue weighted by atomic mass is 9.82. The zero-order valence-electron chi connectivity index (χ0n) is 18.2. The van der Waals surface area contributed by atoms with Crippen LogP contribution in [0.1, 0.15) is 26.3 Å². The molecule has 0 saturated heterocycles. The SMILES string of the molecule is CC(C)(C)c1cc(-c2nccc3cc(-c4cc5occc5cn4)sc23)cc2ccccc12. The highest BCUT2D eigenvalue weighted by molar-refractivity contribution is 7.22. The molecule has 4 heteroatoms. The van der Waals surface area contributed by atoms with Crippen LogP contribution in [0.3, 0.4) is 0 Å². The summed E-state index contributed by atoms with van der Waals surface area (Å²) in [5.41, 5.74) is 5.33. The van der Waals surface area contributed by atoms with Crippen LogP contribution in [0.2, 0.25) is 0 Å². The highest BCUT2D eigenvalue weighted by atomic mass is 32.1. The molecule has 4 heterocycles. The minimum atomic E-state index is 0.0342. The molecular formula is C28H22N2OS. The zero-order chi connectivity index (χ0) is 21.9. The lowest BCUT2D eigenvalue weighted by Gasteiger charge is -2.22. The van der Waals surface area contributed by atoms with Gasteiger partial charge >= 0.3 is 0 Å². The van der Waals surface area contributed by atoms with Crippen molar-refractivity contribution >= 4 is 43.2 Å². The Labute approximate surface area is 190 Å². The second kappa shape index (κ2) is 7.01. The summed E-state index contributed by atoms with van der Waals surface area (Å²) >= 11 is 1.74. The van der Waals surface area contributed by atoms with Crippen LogP contribution in [-0.4, -0.2) is 9.97 Å². The predicted molar refractivity (Wildman–Crippen MR) is 134 cm³/mol. The van der Waals surface area contributed by atoms with Gasteiger partial charge in [0, 0.05) is 29.4 Å². The minimum Gasteiger partial charge on any atom is -0.464 e. The van der Waals surface area contributed by atoms with E-state index in [0.717, 1.165) is 32.8 Å². The van der Waals surface area contributed by atoms with Crippen molar-refractivity contribution in [2.45, 2.75) is 26.2 Å². The van der Waals surface area contributed by atoms with Crippen LogP contribution in [0.4, 0.5) is 0 Å². The van der Waals surface area contributed by atoms with Crippen LogP contribution in [0.15, 0.2) is 83.7 Å². The zero-order valence-corrected chi connectivity index (χ0v) is 19.0. The average molecular weight is 435 g/mol. The Bertz CT molecular complexity index is 1620. The molecule has 0 aliphatic heterocycles. The summed E-state index contributed by atoms with van der Waals surface area (Å²) in [6.07, 6.45) is 5.48. The van der Waals surface area contributed by atoms with Gasteiger partial charge in [-0.25, -0.2) is 0 Å². The molecule has 0 saturated carbocycles. The van der Waals surface area contributed by atoms with Crippen molar-refractivity contribution in [3.05, 3.63) is 84.9 Å². The van der Waals surface area contributed by atoms with Crippen molar-refractivity contribution in [1.82, 2.24) is 9.97 Å². The van der Waals surface area contributed by atoms with Crippen molar-refractivity contribution in [2.24, 2.45) is 0 Å². The number of thiophene rings is 1. The van der Waals surface area contributed by atoms with Gasteiger partial charge in [0.05, 0.1) is 27.2 Å². The molecule has 0 atom stereocenters. The quantitative estimate of drug-likeness (QED) is 0.275. The maximum Gasteiger partial charge on any atom is 0.137 e. The Hall–Kier alpha value is -3.50. The third-order valence-electron chi connectivity index (χ3n) is 5.97. The Balaban J connectivity index is 1.56.